The van der Waals surface area contributed by atoms with Crippen LogP contribution in [0.2, 0.25) is 0 Å². The van der Waals surface area contributed by atoms with Gasteiger partial charge in [-0.25, -0.2) is 0 Å². The molecule has 0 N–H and O–H groups in total. The summed E-state index contributed by atoms with van der Waals surface area (Å²) in [6.07, 6.45) is 40.6. The number of rotatable bonds is 28. The van der Waals surface area contributed by atoms with Gasteiger partial charge >= 0.3 is 0 Å². The fourth-order valence-corrected chi connectivity index (χ4v) is 5.05. The summed E-state index contributed by atoms with van der Waals surface area (Å²) in [6.45, 7) is 9.03. The molecule has 32 heavy (non-hydrogen) atoms. The zero-order valence-corrected chi connectivity index (χ0v) is 23.1. The molecule has 1 unspecified atom stereocenters. The second-order valence-electron chi connectivity index (χ2n) is 10.9. The third-order valence-electron chi connectivity index (χ3n) is 7.43. The SMILES string of the molecule is [CH2]C(CCCCCCCCCCCC)CCCCCCCCCCCCCCCCCC. The van der Waals surface area contributed by atoms with Crippen LogP contribution in [-0.2, 0) is 0 Å². The summed E-state index contributed by atoms with van der Waals surface area (Å²) in [6, 6.07) is 0. The van der Waals surface area contributed by atoms with Gasteiger partial charge in [0.15, 0.2) is 0 Å². The molecule has 0 saturated carbocycles. The third-order valence-corrected chi connectivity index (χ3v) is 7.43. The van der Waals surface area contributed by atoms with Crippen molar-refractivity contribution in [3.05, 3.63) is 6.92 Å². The van der Waals surface area contributed by atoms with Crippen LogP contribution >= 0.6 is 0 Å². The van der Waals surface area contributed by atoms with Gasteiger partial charge in [-0.1, -0.05) is 201 Å². The van der Waals surface area contributed by atoms with Gasteiger partial charge in [-0.3, -0.25) is 0 Å². The smallest absolute Gasteiger partial charge is 0.0414 e. The van der Waals surface area contributed by atoms with Gasteiger partial charge < -0.3 is 0 Å². The molecule has 0 bridgehead atoms. The zero-order valence-electron chi connectivity index (χ0n) is 23.1. The van der Waals surface area contributed by atoms with Gasteiger partial charge in [0, 0.05) is 0 Å². The summed E-state index contributed by atoms with van der Waals surface area (Å²) in [7, 11) is 0. The van der Waals surface area contributed by atoms with Crippen molar-refractivity contribution in [2.24, 2.45) is 5.92 Å². The van der Waals surface area contributed by atoms with Crippen molar-refractivity contribution in [3.63, 3.8) is 0 Å². The van der Waals surface area contributed by atoms with Gasteiger partial charge in [-0.2, -0.15) is 0 Å². The maximum absolute atomic E-state index is 4.42. The number of hydrogen-bond acceptors (Lipinski definition) is 0. The fraction of sp³-hybridized carbons (Fsp3) is 0.969. The van der Waals surface area contributed by atoms with E-state index in [2.05, 4.69) is 20.8 Å². The van der Waals surface area contributed by atoms with E-state index >= 15 is 0 Å². The predicted octanol–water partition coefficient (Wildman–Crippen LogP) is 12.4. The summed E-state index contributed by atoms with van der Waals surface area (Å²) in [5.41, 5.74) is 0. The molecule has 0 aromatic rings. The predicted molar refractivity (Wildman–Crippen MR) is 149 cm³/mol. The Hall–Kier alpha value is 0. The Balaban J connectivity index is 3.12. The lowest BCUT2D eigenvalue weighted by molar-refractivity contribution is 0.459. The highest BCUT2D eigenvalue weighted by Gasteiger charge is 2.02. The van der Waals surface area contributed by atoms with E-state index in [-0.39, 0.29) is 0 Å². The highest BCUT2D eigenvalue weighted by molar-refractivity contribution is 4.62. The standard InChI is InChI=1S/C32H65/c1-4-6-8-10-12-14-16-17-18-19-20-21-23-25-27-29-31-32(3)30-28-26-24-22-15-13-11-9-7-5-2/h32H,3-31H2,1-2H3. The van der Waals surface area contributed by atoms with E-state index in [0.717, 1.165) is 5.92 Å². The Labute approximate surface area is 206 Å². The van der Waals surface area contributed by atoms with E-state index in [0.29, 0.717) is 0 Å². The first kappa shape index (κ1) is 32.0. The van der Waals surface area contributed by atoms with Crippen molar-refractivity contribution in [2.45, 2.75) is 194 Å². The first-order valence-electron chi connectivity index (χ1n) is 15.6. The van der Waals surface area contributed by atoms with E-state index in [1.54, 1.807) is 0 Å². The maximum atomic E-state index is 4.42. The summed E-state index contributed by atoms with van der Waals surface area (Å²) in [5, 5.41) is 0. The van der Waals surface area contributed by atoms with Gasteiger partial charge in [0.1, 0.15) is 0 Å². The lowest BCUT2D eigenvalue weighted by Gasteiger charge is -2.11. The van der Waals surface area contributed by atoms with E-state index in [1.807, 2.05) is 0 Å². The monoisotopic (exact) mass is 450 g/mol. The highest BCUT2D eigenvalue weighted by atomic mass is 14.1. The van der Waals surface area contributed by atoms with Crippen molar-refractivity contribution in [1.29, 1.82) is 0 Å². The molecule has 0 amide bonds. The molecule has 0 aliphatic heterocycles. The minimum Gasteiger partial charge on any atom is -0.0654 e. The molecule has 0 aliphatic carbocycles. The lowest BCUT2D eigenvalue weighted by atomic mass is 9.95. The Kier molecular flexibility index (Phi) is 29.0. The molecule has 0 heterocycles. The van der Waals surface area contributed by atoms with E-state index in [9.17, 15) is 0 Å². The van der Waals surface area contributed by atoms with Crippen LogP contribution in [0.4, 0.5) is 0 Å². The van der Waals surface area contributed by atoms with Crippen LogP contribution in [0, 0.1) is 12.8 Å². The van der Waals surface area contributed by atoms with Crippen molar-refractivity contribution in [3.8, 4) is 0 Å². The van der Waals surface area contributed by atoms with Crippen LogP contribution in [-0.4, -0.2) is 0 Å². The summed E-state index contributed by atoms with van der Waals surface area (Å²) < 4.78 is 0. The van der Waals surface area contributed by atoms with E-state index in [1.165, 1.54) is 180 Å². The Morgan fingerprint density at radius 1 is 0.312 bits per heavy atom. The van der Waals surface area contributed by atoms with E-state index < -0.39 is 0 Å². The molecule has 0 heteroatoms. The largest absolute Gasteiger partial charge is 0.0654 e. The third kappa shape index (κ3) is 28.0. The molecule has 0 fully saturated rings. The molecule has 0 aliphatic rings. The topological polar surface area (TPSA) is 0 Å². The van der Waals surface area contributed by atoms with Crippen molar-refractivity contribution >= 4 is 0 Å². The fourth-order valence-electron chi connectivity index (χ4n) is 5.05. The van der Waals surface area contributed by atoms with Crippen LogP contribution < -0.4 is 0 Å². The van der Waals surface area contributed by atoms with Crippen molar-refractivity contribution < 1.29 is 0 Å². The van der Waals surface area contributed by atoms with Crippen molar-refractivity contribution in [1.82, 2.24) is 0 Å². The normalized spacial score (nSPS) is 12.5. The molecule has 0 aromatic heterocycles. The molecule has 193 valence electrons. The van der Waals surface area contributed by atoms with E-state index in [4.69, 9.17) is 0 Å². The molecule has 1 radical (unpaired) electrons. The first-order valence-corrected chi connectivity index (χ1v) is 15.6. The van der Waals surface area contributed by atoms with Gasteiger partial charge in [0.2, 0.25) is 0 Å². The Bertz CT molecular complexity index is 307. The van der Waals surface area contributed by atoms with Crippen molar-refractivity contribution in [2.75, 3.05) is 0 Å². The Morgan fingerprint density at radius 2 is 0.500 bits per heavy atom. The zero-order chi connectivity index (χ0) is 23.4. The van der Waals surface area contributed by atoms with Gasteiger partial charge in [-0.15, -0.1) is 0 Å². The molecule has 0 rings (SSSR count). The van der Waals surface area contributed by atoms with Crippen LogP contribution in [0.3, 0.4) is 0 Å². The van der Waals surface area contributed by atoms with Crippen LogP contribution in [0.5, 0.6) is 0 Å². The summed E-state index contributed by atoms with van der Waals surface area (Å²) >= 11 is 0. The number of unbranched alkanes of at least 4 members (excludes halogenated alkanes) is 24. The second kappa shape index (κ2) is 29.0. The molecule has 0 nitrogen and oxygen atoms in total. The molecule has 1 atom stereocenters. The maximum Gasteiger partial charge on any atom is -0.0414 e. The number of hydrogen-bond donors (Lipinski definition) is 0. The average Bonchev–Trinajstić information content (AvgIpc) is 2.80. The highest BCUT2D eigenvalue weighted by Crippen LogP contribution is 2.19. The lowest BCUT2D eigenvalue weighted by Crippen LogP contribution is -1.95. The molecular weight excluding hydrogens is 384 g/mol. The van der Waals surface area contributed by atoms with Gasteiger partial charge in [-0.05, 0) is 5.92 Å². The molecule has 0 aromatic carbocycles. The van der Waals surface area contributed by atoms with Crippen LogP contribution in [0.15, 0.2) is 0 Å². The van der Waals surface area contributed by atoms with Crippen LogP contribution in [0.1, 0.15) is 194 Å². The van der Waals surface area contributed by atoms with Crippen LogP contribution in [0.25, 0.3) is 0 Å². The quantitative estimate of drug-likeness (QED) is 0.104. The van der Waals surface area contributed by atoms with Gasteiger partial charge in [0.05, 0.1) is 0 Å². The summed E-state index contributed by atoms with van der Waals surface area (Å²) in [5.74, 6) is 0.718. The molecule has 0 spiro atoms. The second-order valence-corrected chi connectivity index (χ2v) is 10.9. The summed E-state index contributed by atoms with van der Waals surface area (Å²) in [4.78, 5) is 0. The Morgan fingerprint density at radius 3 is 0.719 bits per heavy atom. The van der Waals surface area contributed by atoms with Gasteiger partial charge in [0.25, 0.3) is 0 Å². The molecule has 0 saturated heterocycles. The first-order chi connectivity index (χ1) is 15.8. The minimum absolute atomic E-state index is 0.718. The minimum atomic E-state index is 0.718. The molecular formula is C32H65. The average molecular weight is 450 g/mol.